The van der Waals surface area contributed by atoms with Gasteiger partial charge in [0.1, 0.15) is 17.2 Å². The van der Waals surface area contributed by atoms with Crippen molar-refractivity contribution in [2.24, 2.45) is 0 Å². The summed E-state index contributed by atoms with van der Waals surface area (Å²) >= 11 is 0. The molecule has 1 aliphatic heterocycles. The maximum Gasteiger partial charge on any atom is 0.338 e. The highest BCUT2D eigenvalue weighted by atomic mass is 16.6. The van der Waals surface area contributed by atoms with E-state index in [1.165, 1.54) is 5.56 Å². The summed E-state index contributed by atoms with van der Waals surface area (Å²) in [5.74, 6) is 1.48. The topological polar surface area (TPSA) is 116 Å². The van der Waals surface area contributed by atoms with Crippen LogP contribution in [0.15, 0.2) is 24.3 Å². The standard InChI is InChI=1S/C21H29N5O2/c1-21(2,3)28-19(27)15-9-7-13(8-10-15)5-4-6-14-11-12-24-18-16(14)17(22)25-20(23)26-18/h7-10,14H,4-6,11-12H2,1-3H3,(H5,22,23,24,25,26). The van der Waals surface area contributed by atoms with Crippen LogP contribution in [0.25, 0.3) is 0 Å². The lowest BCUT2D eigenvalue weighted by Gasteiger charge is -2.26. The van der Waals surface area contributed by atoms with Crippen LogP contribution in [0.1, 0.15) is 67.4 Å². The van der Waals surface area contributed by atoms with E-state index in [0.29, 0.717) is 17.3 Å². The number of esters is 1. The summed E-state index contributed by atoms with van der Waals surface area (Å²) in [6.07, 6.45) is 3.95. The molecule has 0 radical (unpaired) electrons. The number of fused-ring (bicyclic) bond motifs is 1. The minimum atomic E-state index is -0.489. The van der Waals surface area contributed by atoms with E-state index in [2.05, 4.69) is 15.3 Å². The normalized spacial score (nSPS) is 16.2. The van der Waals surface area contributed by atoms with Crippen molar-refractivity contribution in [2.45, 2.75) is 58.0 Å². The van der Waals surface area contributed by atoms with Gasteiger partial charge in [-0.3, -0.25) is 0 Å². The minimum absolute atomic E-state index is 0.203. The number of rotatable bonds is 5. The van der Waals surface area contributed by atoms with Gasteiger partial charge in [-0.15, -0.1) is 0 Å². The second-order valence-electron chi connectivity index (χ2n) is 8.23. The van der Waals surface area contributed by atoms with E-state index in [4.69, 9.17) is 16.2 Å². The summed E-state index contributed by atoms with van der Waals surface area (Å²) in [6, 6.07) is 7.65. The molecule has 0 spiro atoms. The van der Waals surface area contributed by atoms with Crippen LogP contribution in [-0.2, 0) is 11.2 Å². The molecule has 0 bridgehead atoms. The SMILES string of the molecule is CC(C)(C)OC(=O)c1ccc(CCCC2CCNc3nc(N)nc(N)c32)cc1. The fraction of sp³-hybridized carbons (Fsp3) is 0.476. The van der Waals surface area contributed by atoms with Gasteiger partial charge in [-0.25, -0.2) is 4.79 Å². The van der Waals surface area contributed by atoms with Crippen LogP contribution < -0.4 is 16.8 Å². The third-order valence-corrected chi connectivity index (χ3v) is 4.79. The molecule has 150 valence electrons. The van der Waals surface area contributed by atoms with Gasteiger partial charge in [-0.05, 0) is 70.1 Å². The van der Waals surface area contributed by atoms with E-state index < -0.39 is 5.60 Å². The Bertz CT molecular complexity index is 843. The van der Waals surface area contributed by atoms with Gasteiger partial charge >= 0.3 is 5.97 Å². The van der Waals surface area contributed by atoms with Crippen LogP contribution in [0.5, 0.6) is 0 Å². The van der Waals surface area contributed by atoms with E-state index in [9.17, 15) is 4.79 Å². The smallest absolute Gasteiger partial charge is 0.338 e. The second kappa shape index (κ2) is 8.04. The zero-order valence-electron chi connectivity index (χ0n) is 16.8. The number of nitrogens with two attached hydrogens (primary N) is 2. The zero-order chi connectivity index (χ0) is 20.3. The first kappa shape index (κ1) is 19.9. The summed E-state index contributed by atoms with van der Waals surface area (Å²) in [4.78, 5) is 20.5. The molecular weight excluding hydrogens is 354 g/mol. The summed E-state index contributed by atoms with van der Waals surface area (Å²) in [6.45, 7) is 6.46. The van der Waals surface area contributed by atoms with Crippen LogP contribution in [0.3, 0.4) is 0 Å². The number of nitrogens with zero attached hydrogens (tertiary/aromatic N) is 2. The van der Waals surface area contributed by atoms with Gasteiger partial charge in [-0.1, -0.05) is 12.1 Å². The maximum atomic E-state index is 12.1. The van der Waals surface area contributed by atoms with E-state index in [-0.39, 0.29) is 11.9 Å². The van der Waals surface area contributed by atoms with Gasteiger partial charge in [0.05, 0.1) is 5.56 Å². The number of hydrogen-bond acceptors (Lipinski definition) is 7. The fourth-order valence-electron chi connectivity index (χ4n) is 3.54. The van der Waals surface area contributed by atoms with Crippen LogP contribution >= 0.6 is 0 Å². The van der Waals surface area contributed by atoms with Gasteiger partial charge in [0, 0.05) is 12.1 Å². The number of carbonyl (C=O) groups excluding carboxylic acids is 1. The van der Waals surface area contributed by atoms with Gasteiger partial charge in [0.2, 0.25) is 5.95 Å². The molecule has 1 atom stereocenters. The Balaban J connectivity index is 1.57. The Hall–Kier alpha value is -2.83. The van der Waals surface area contributed by atoms with Gasteiger partial charge in [0.25, 0.3) is 0 Å². The molecule has 7 nitrogen and oxygen atoms in total. The number of hydrogen-bond donors (Lipinski definition) is 3. The molecule has 1 aromatic heterocycles. The molecule has 0 saturated carbocycles. The predicted octanol–water partition coefficient (Wildman–Crippen LogP) is 3.52. The molecule has 3 rings (SSSR count). The molecule has 0 saturated heterocycles. The molecule has 0 fully saturated rings. The van der Waals surface area contributed by atoms with Crippen molar-refractivity contribution < 1.29 is 9.53 Å². The molecule has 1 unspecified atom stereocenters. The number of ether oxygens (including phenoxy) is 1. The second-order valence-corrected chi connectivity index (χ2v) is 8.23. The van der Waals surface area contributed by atoms with Crippen molar-refractivity contribution in [3.63, 3.8) is 0 Å². The van der Waals surface area contributed by atoms with E-state index in [1.54, 1.807) is 0 Å². The van der Waals surface area contributed by atoms with Crippen molar-refractivity contribution in [3.8, 4) is 0 Å². The fourth-order valence-corrected chi connectivity index (χ4v) is 3.54. The molecular formula is C21H29N5O2. The van der Waals surface area contributed by atoms with E-state index in [1.807, 2.05) is 45.0 Å². The van der Waals surface area contributed by atoms with Gasteiger partial charge in [0.15, 0.2) is 0 Å². The molecule has 28 heavy (non-hydrogen) atoms. The third kappa shape index (κ3) is 4.91. The molecule has 1 aromatic carbocycles. The first-order chi connectivity index (χ1) is 13.2. The number of aromatic nitrogens is 2. The van der Waals surface area contributed by atoms with Crippen LogP contribution in [-0.4, -0.2) is 28.1 Å². The number of carbonyl (C=O) groups is 1. The van der Waals surface area contributed by atoms with Gasteiger partial charge < -0.3 is 21.5 Å². The quantitative estimate of drug-likeness (QED) is 0.676. The number of benzene rings is 1. The Morgan fingerprint density at radius 3 is 2.61 bits per heavy atom. The predicted molar refractivity (Wildman–Crippen MR) is 111 cm³/mol. The Labute approximate surface area is 165 Å². The van der Waals surface area contributed by atoms with Crippen molar-refractivity contribution in [3.05, 3.63) is 41.0 Å². The van der Waals surface area contributed by atoms with Crippen molar-refractivity contribution in [1.82, 2.24) is 9.97 Å². The minimum Gasteiger partial charge on any atom is -0.456 e. The maximum absolute atomic E-state index is 12.1. The van der Waals surface area contributed by atoms with Crippen molar-refractivity contribution in [2.75, 3.05) is 23.3 Å². The number of anilines is 3. The van der Waals surface area contributed by atoms with Crippen LogP contribution in [0, 0.1) is 0 Å². The summed E-state index contributed by atoms with van der Waals surface area (Å²) < 4.78 is 5.40. The van der Waals surface area contributed by atoms with E-state index >= 15 is 0 Å². The molecule has 1 aliphatic rings. The molecule has 7 heteroatoms. The van der Waals surface area contributed by atoms with Gasteiger partial charge in [-0.2, -0.15) is 9.97 Å². The molecule has 0 aliphatic carbocycles. The average molecular weight is 383 g/mol. The lowest BCUT2D eigenvalue weighted by Crippen LogP contribution is -2.23. The highest BCUT2D eigenvalue weighted by molar-refractivity contribution is 5.89. The third-order valence-electron chi connectivity index (χ3n) is 4.79. The number of nitrogen functional groups attached to an aromatic ring is 2. The Morgan fingerprint density at radius 1 is 1.21 bits per heavy atom. The highest BCUT2D eigenvalue weighted by Crippen LogP contribution is 2.37. The molecule has 2 aromatic rings. The lowest BCUT2D eigenvalue weighted by atomic mass is 9.88. The summed E-state index contributed by atoms with van der Waals surface area (Å²) in [5, 5.41) is 3.26. The Kier molecular flexibility index (Phi) is 5.72. The summed E-state index contributed by atoms with van der Waals surface area (Å²) in [5.41, 5.74) is 14.1. The Morgan fingerprint density at radius 2 is 1.93 bits per heavy atom. The monoisotopic (exact) mass is 383 g/mol. The van der Waals surface area contributed by atoms with Crippen LogP contribution in [0.2, 0.25) is 0 Å². The first-order valence-electron chi connectivity index (χ1n) is 9.72. The molecule has 2 heterocycles. The first-order valence-corrected chi connectivity index (χ1v) is 9.72. The number of aryl methyl sites for hydroxylation is 1. The number of nitrogens with one attached hydrogen (secondary N) is 1. The van der Waals surface area contributed by atoms with Crippen molar-refractivity contribution >= 4 is 23.6 Å². The molecule has 0 amide bonds. The zero-order valence-corrected chi connectivity index (χ0v) is 16.8. The largest absolute Gasteiger partial charge is 0.456 e. The molecule has 5 N–H and O–H groups in total. The van der Waals surface area contributed by atoms with Crippen molar-refractivity contribution in [1.29, 1.82) is 0 Å². The van der Waals surface area contributed by atoms with E-state index in [0.717, 1.165) is 43.6 Å². The lowest BCUT2D eigenvalue weighted by molar-refractivity contribution is 0.00695. The van der Waals surface area contributed by atoms with Crippen LogP contribution in [0.4, 0.5) is 17.6 Å². The highest BCUT2D eigenvalue weighted by Gasteiger charge is 2.25. The summed E-state index contributed by atoms with van der Waals surface area (Å²) in [7, 11) is 0. The average Bonchev–Trinajstić information content (AvgIpc) is 2.60.